The van der Waals surface area contributed by atoms with Gasteiger partial charge in [0.1, 0.15) is 0 Å². The summed E-state index contributed by atoms with van der Waals surface area (Å²) in [6.07, 6.45) is 0.395. The van der Waals surface area contributed by atoms with Gasteiger partial charge in [0.05, 0.1) is 12.3 Å². The summed E-state index contributed by atoms with van der Waals surface area (Å²) < 4.78 is 24.8. The second-order valence-electron chi connectivity index (χ2n) is 4.01. The van der Waals surface area contributed by atoms with Crippen LogP contribution in [0.5, 0.6) is 0 Å². The zero-order valence-electron chi connectivity index (χ0n) is 10.6. The third kappa shape index (κ3) is 6.85. The lowest BCUT2D eigenvalue weighted by atomic mass is 10.4. The van der Waals surface area contributed by atoms with Crippen LogP contribution in [0.25, 0.3) is 0 Å². The molecule has 0 fully saturated rings. The van der Waals surface area contributed by atoms with Crippen molar-refractivity contribution in [3.63, 3.8) is 0 Å². The molecule has 0 radical (unpaired) electrons. The van der Waals surface area contributed by atoms with Gasteiger partial charge in [-0.15, -0.1) is 11.6 Å². The first-order chi connectivity index (χ1) is 7.83. The highest BCUT2D eigenvalue weighted by molar-refractivity contribution is 7.89. The standard InChI is InChI=1S/C10H21ClN2O3S/c1-4-13(8-10(14)12-9(2)3)17(15,16)7-5-6-11/h9H,4-8H2,1-3H3,(H,12,14). The van der Waals surface area contributed by atoms with Gasteiger partial charge in [0, 0.05) is 18.5 Å². The van der Waals surface area contributed by atoms with Gasteiger partial charge in [0.15, 0.2) is 0 Å². The molecule has 0 unspecified atom stereocenters. The Balaban J connectivity index is 4.46. The number of amides is 1. The molecule has 1 N–H and O–H groups in total. The molecule has 0 spiro atoms. The largest absolute Gasteiger partial charge is 0.353 e. The van der Waals surface area contributed by atoms with Gasteiger partial charge in [-0.05, 0) is 20.3 Å². The molecule has 102 valence electrons. The second kappa shape index (κ2) is 7.89. The Labute approximate surface area is 109 Å². The summed E-state index contributed by atoms with van der Waals surface area (Å²) in [5.41, 5.74) is 0. The van der Waals surface area contributed by atoms with Gasteiger partial charge >= 0.3 is 0 Å². The van der Waals surface area contributed by atoms with Crippen LogP contribution in [-0.4, -0.2) is 49.4 Å². The first-order valence-corrected chi connectivity index (χ1v) is 7.81. The first-order valence-electron chi connectivity index (χ1n) is 5.66. The number of likely N-dealkylation sites (N-methyl/N-ethyl adjacent to an activating group) is 1. The minimum Gasteiger partial charge on any atom is -0.353 e. The predicted molar refractivity (Wildman–Crippen MR) is 69.6 cm³/mol. The number of nitrogens with one attached hydrogen (secondary N) is 1. The highest BCUT2D eigenvalue weighted by Gasteiger charge is 2.22. The minimum absolute atomic E-state index is 0.00625. The highest BCUT2D eigenvalue weighted by atomic mass is 35.5. The Morgan fingerprint density at radius 2 is 2.00 bits per heavy atom. The van der Waals surface area contributed by atoms with Crippen LogP contribution < -0.4 is 5.32 Å². The van der Waals surface area contributed by atoms with E-state index in [1.165, 1.54) is 4.31 Å². The smallest absolute Gasteiger partial charge is 0.235 e. The van der Waals surface area contributed by atoms with Gasteiger partial charge in [0.2, 0.25) is 15.9 Å². The molecule has 0 atom stereocenters. The number of carbonyl (C=O) groups excluding carboxylic acids is 1. The number of sulfonamides is 1. The van der Waals surface area contributed by atoms with E-state index in [0.29, 0.717) is 12.3 Å². The van der Waals surface area contributed by atoms with Crippen molar-refractivity contribution in [3.8, 4) is 0 Å². The number of carbonyl (C=O) groups is 1. The maximum Gasteiger partial charge on any atom is 0.235 e. The van der Waals surface area contributed by atoms with E-state index in [2.05, 4.69) is 5.32 Å². The van der Waals surface area contributed by atoms with E-state index >= 15 is 0 Å². The average Bonchev–Trinajstić information content (AvgIpc) is 2.21. The van der Waals surface area contributed by atoms with Crippen LogP contribution in [-0.2, 0) is 14.8 Å². The molecule has 1 amide bonds. The average molecular weight is 285 g/mol. The zero-order chi connectivity index (χ0) is 13.5. The fourth-order valence-corrected chi connectivity index (χ4v) is 3.07. The number of alkyl halides is 1. The third-order valence-electron chi connectivity index (χ3n) is 2.05. The quantitative estimate of drug-likeness (QED) is 0.670. The lowest BCUT2D eigenvalue weighted by Crippen LogP contribution is -2.43. The highest BCUT2D eigenvalue weighted by Crippen LogP contribution is 2.03. The summed E-state index contributed by atoms with van der Waals surface area (Å²) in [4.78, 5) is 11.5. The molecule has 0 saturated carbocycles. The van der Waals surface area contributed by atoms with E-state index in [1.54, 1.807) is 6.92 Å². The van der Waals surface area contributed by atoms with Crippen molar-refractivity contribution in [2.75, 3.05) is 24.7 Å². The number of hydrogen-bond donors (Lipinski definition) is 1. The molecule has 0 aromatic rings. The van der Waals surface area contributed by atoms with Crippen LogP contribution in [0, 0.1) is 0 Å². The molecular formula is C10H21ClN2O3S. The molecular weight excluding hydrogens is 264 g/mol. The summed E-state index contributed by atoms with van der Waals surface area (Å²) in [6, 6.07) is 0.00625. The van der Waals surface area contributed by atoms with Crippen molar-refractivity contribution in [1.82, 2.24) is 9.62 Å². The van der Waals surface area contributed by atoms with Crippen LogP contribution in [0.2, 0.25) is 0 Å². The molecule has 17 heavy (non-hydrogen) atoms. The van der Waals surface area contributed by atoms with Gasteiger partial charge < -0.3 is 5.32 Å². The summed E-state index contributed by atoms with van der Waals surface area (Å²) in [6.45, 7) is 5.53. The third-order valence-corrected chi connectivity index (χ3v) is 4.30. The normalized spacial score (nSPS) is 12.1. The summed E-state index contributed by atoms with van der Waals surface area (Å²) >= 11 is 5.47. The van der Waals surface area contributed by atoms with Gasteiger partial charge in [-0.2, -0.15) is 4.31 Å². The molecule has 0 aliphatic rings. The molecule has 0 aliphatic heterocycles. The monoisotopic (exact) mass is 284 g/mol. The SMILES string of the molecule is CCN(CC(=O)NC(C)C)S(=O)(=O)CCCCl. The van der Waals surface area contributed by atoms with E-state index in [1.807, 2.05) is 13.8 Å². The van der Waals surface area contributed by atoms with Gasteiger partial charge in [-0.25, -0.2) is 8.42 Å². The summed E-state index contributed by atoms with van der Waals surface area (Å²) in [7, 11) is -3.38. The molecule has 7 heteroatoms. The van der Waals surface area contributed by atoms with Crippen LogP contribution in [0.3, 0.4) is 0 Å². The van der Waals surface area contributed by atoms with E-state index < -0.39 is 10.0 Å². The zero-order valence-corrected chi connectivity index (χ0v) is 12.1. The van der Waals surface area contributed by atoms with Crippen molar-refractivity contribution in [2.24, 2.45) is 0 Å². The molecule has 0 aromatic heterocycles. The minimum atomic E-state index is -3.38. The summed E-state index contributed by atoms with van der Waals surface area (Å²) in [5, 5.41) is 2.66. The number of rotatable bonds is 8. The van der Waals surface area contributed by atoms with E-state index in [9.17, 15) is 13.2 Å². The number of nitrogens with zero attached hydrogens (tertiary/aromatic N) is 1. The van der Waals surface area contributed by atoms with Crippen LogP contribution in [0.1, 0.15) is 27.2 Å². The maximum atomic E-state index is 11.8. The Morgan fingerprint density at radius 3 is 2.41 bits per heavy atom. The molecule has 0 bridgehead atoms. The Kier molecular flexibility index (Phi) is 7.74. The van der Waals surface area contributed by atoms with Crippen molar-refractivity contribution < 1.29 is 13.2 Å². The van der Waals surface area contributed by atoms with Gasteiger partial charge in [-0.3, -0.25) is 4.79 Å². The molecule has 0 heterocycles. The van der Waals surface area contributed by atoms with E-state index in [4.69, 9.17) is 11.6 Å². The second-order valence-corrected chi connectivity index (χ2v) is 6.47. The molecule has 0 aliphatic carbocycles. The lowest BCUT2D eigenvalue weighted by Gasteiger charge is -2.20. The predicted octanol–water partition coefficient (Wildman–Crippen LogP) is 0.792. The fraction of sp³-hybridized carbons (Fsp3) is 0.900. The van der Waals surface area contributed by atoms with Gasteiger partial charge in [-0.1, -0.05) is 6.92 Å². The molecule has 0 rings (SSSR count). The van der Waals surface area contributed by atoms with E-state index in [-0.39, 0.29) is 30.8 Å². The molecule has 0 saturated heterocycles. The maximum absolute atomic E-state index is 11.8. The Hall–Kier alpha value is -0.330. The van der Waals surface area contributed by atoms with Gasteiger partial charge in [0.25, 0.3) is 0 Å². The van der Waals surface area contributed by atoms with Crippen molar-refractivity contribution in [3.05, 3.63) is 0 Å². The van der Waals surface area contributed by atoms with Crippen LogP contribution >= 0.6 is 11.6 Å². The van der Waals surface area contributed by atoms with Crippen molar-refractivity contribution in [2.45, 2.75) is 33.2 Å². The molecule has 0 aromatic carbocycles. The summed E-state index contributed by atoms with van der Waals surface area (Å²) in [5.74, 6) is 0.00478. The van der Waals surface area contributed by atoms with Crippen LogP contribution in [0.4, 0.5) is 0 Å². The van der Waals surface area contributed by atoms with Crippen molar-refractivity contribution in [1.29, 1.82) is 0 Å². The van der Waals surface area contributed by atoms with Crippen LogP contribution in [0.15, 0.2) is 0 Å². The van der Waals surface area contributed by atoms with E-state index in [0.717, 1.165) is 0 Å². The Morgan fingerprint density at radius 1 is 1.41 bits per heavy atom. The topological polar surface area (TPSA) is 66.5 Å². The molecule has 5 nitrogen and oxygen atoms in total. The fourth-order valence-electron chi connectivity index (χ4n) is 1.30. The van der Waals surface area contributed by atoms with Crippen molar-refractivity contribution >= 4 is 27.5 Å². The number of hydrogen-bond acceptors (Lipinski definition) is 3. The Bertz CT molecular complexity index is 330. The number of halogens is 1. The first kappa shape index (κ1) is 16.7. The lowest BCUT2D eigenvalue weighted by molar-refractivity contribution is -0.121.